The molecular weight excluding hydrogens is 182 g/mol. The fourth-order valence-corrected chi connectivity index (χ4v) is 1.66. The molecule has 74 valence electrons. The van der Waals surface area contributed by atoms with E-state index in [1.165, 1.54) is 0 Å². The van der Waals surface area contributed by atoms with Crippen LogP contribution in [0.3, 0.4) is 0 Å². The second-order valence-corrected chi connectivity index (χ2v) is 3.32. The van der Waals surface area contributed by atoms with Crippen LogP contribution in [0.5, 0.6) is 0 Å². The molecule has 2 aliphatic heterocycles. The number of rotatable bonds is 1. The highest BCUT2D eigenvalue weighted by atomic mass is 16.2. The second-order valence-electron chi connectivity index (χ2n) is 3.32. The van der Waals surface area contributed by atoms with Crippen LogP contribution in [0.15, 0.2) is 16.8 Å². The van der Waals surface area contributed by atoms with E-state index in [0.29, 0.717) is 11.3 Å². The lowest BCUT2D eigenvalue weighted by molar-refractivity contribution is -0.123. The number of hydrogen-bond donors (Lipinski definition) is 4. The van der Waals surface area contributed by atoms with E-state index < -0.39 is 5.92 Å². The highest BCUT2D eigenvalue weighted by Crippen LogP contribution is 2.24. The third-order valence-electron chi connectivity index (χ3n) is 2.31. The number of fused-ring (bicyclic) bond motifs is 1. The van der Waals surface area contributed by atoms with Crippen molar-refractivity contribution < 1.29 is 4.79 Å². The van der Waals surface area contributed by atoms with Gasteiger partial charge in [0.1, 0.15) is 12.1 Å². The summed E-state index contributed by atoms with van der Waals surface area (Å²) >= 11 is 0. The summed E-state index contributed by atoms with van der Waals surface area (Å²) < 4.78 is 0. The first kappa shape index (κ1) is 8.74. The van der Waals surface area contributed by atoms with Crippen molar-refractivity contribution in [2.45, 2.75) is 13.1 Å². The van der Waals surface area contributed by atoms with Gasteiger partial charge in [0.25, 0.3) is 0 Å². The molecule has 0 bridgehead atoms. The average molecular weight is 193 g/mol. The minimum atomic E-state index is -0.417. The molecule has 0 radical (unpaired) electrons. The van der Waals surface area contributed by atoms with E-state index in [0.717, 1.165) is 0 Å². The molecule has 2 atom stereocenters. The Balaban J connectivity index is 2.33. The van der Waals surface area contributed by atoms with Crippen LogP contribution in [0.2, 0.25) is 0 Å². The Bertz CT molecular complexity index is 370. The van der Waals surface area contributed by atoms with Crippen LogP contribution < -0.4 is 16.4 Å². The zero-order valence-electron chi connectivity index (χ0n) is 7.66. The first-order valence-corrected chi connectivity index (χ1v) is 4.25. The molecule has 2 heterocycles. The summed E-state index contributed by atoms with van der Waals surface area (Å²) in [6.45, 7) is 1.64. The lowest BCUT2D eigenvalue weighted by Gasteiger charge is -2.23. The average Bonchev–Trinajstić information content (AvgIpc) is 2.47. The van der Waals surface area contributed by atoms with Gasteiger partial charge < -0.3 is 16.5 Å². The van der Waals surface area contributed by atoms with Crippen LogP contribution in [-0.2, 0) is 4.79 Å². The molecular formula is C8H11N5O. The number of carbonyl (C=O) groups is 1. The number of nitrogens with two attached hydrogens (primary N) is 1. The lowest BCUT2D eigenvalue weighted by Crippen LogP contribution is -2.51. The van der Waals surface area contributed by atoms with Crippen molar-refractivity contribution in [2.24, 2.45) is 16.6 Å². The number of nitrogens with zero attached hydrogens (tertiary/aromatic N) is 1. The Kier molecular flexibility index (Phi) is 1.77. The van der Waals surface area contributed by atoms with Crippen LogP contribution in [0.1, 0.15) is 6.92 Å². The summed E-state index contributed by atoms with van der Waals surface area (Å²) in [5.74, 6) is -0.494. The van der Waals surface area contributed by atoms with E-state index in [4.69, 9.17) is 11.1 Å². The van der Waals surface area contributed by atoms with Gasteiger partial charge in [0, 0.05) is 17.5 Å². The van der Waals surface area contributed by atoms with Crippen molar-refractivity contribution in [2.75, 3.05) is 0 Å². The van der Waals surface area contributed by atoms with Gasteiger partial charge in [-0.1, -0.05) is 0 Å². The molecule has 0 aliphatic carbocycles. The Morgan fingerprint density at radius 3 is 3.07 bits per heavy atom. The van der Waals surface area contributed by atoms with Crippen LogP contribution in [0.4, 0.5) is 0 Å². The van der Waals surface area contributed by atoms with Crippen molar-refractivity contribution in [3.05, 3.63) is 11.8 Å². The molecule has 0 spiro atoms. The fourth-order valence-electron chi connectivity index (χ4n) is 1.66. The van der Waals surface area contributed by atoms with Gasteiger partial charge >= 0.3 is 0 Å². The van der Waals surface area contributed by atoms with E-state index >= 15 is 0 Å². The monoisotopic (exact) mass is 193 g/mol. The first-order valence-electron chi connectivity index (χ1n) is 4.25. The van der Waals surface area contributed by atoms with E-state index in [9.17, 15) is 4.79 Å². The molecule has 2 rings (SSSR count). The molecule has 0 saturated carbocycles. The van der Waals surface area contributed by atoms with Gasteiger partial charge in [-0.3, -0.25) is 10.1 Å². The van der Waals surface area contributed by atoms with Crippen LogP contribution in [0.25, 0.3) is 0 Å². The Labute approximate surface area is 80.8 Å². The van der Waals surface area contributed by atoms with E-state index in [-0.39, 0.29) is 18.0 Å². The molecule has 0 aromatic rings. The Hall–Kier alpha value is -1.85. The molecule has 0 saturated heterocycles. The highest BCUT2D eigenvalue weighted by molar-refractivity contribution is 6.08. The normalized spacial score (nSPS) is 29.6. The van der Waals surface area contributed by atoms with Crippen molar-refractivity contribution in [1.29, 1.82) is 5.41 Å². The maximum Gasteiger partial charge on any atom is 0.238 e. The summed E-state index contributed by atoms with van der Waals surface area (Å²) in [4.78, 5) is 15.6. The summed E-state index contributed by atoms with van der Waals surface area (Å²) in [7, 11) is 0. The predicted molar refractivity (Wildman–Crippen MR) is 51.7 cm³/mol. The molecule has 6 heteroatoms. The van der Waals surface area contributed by atoms with E-state index in [1.54, 1.807) is 13.1 Å². The van der Waals surface area contributed by atoms with Gasteiger partial charge in [0.2, 0.25) is 5.91 Å². The van der Waals surface area contributed by atoms with Crippen molar-refractivity contribution in [1.82, 2.24) is 10.6 Å². The largest absolute Gasteiger partial charge is 0.370 e. The Morgan fingerprint density at radius 1 is 1.71 bits per heavy atom. The molecule has 0 fully saturated rings. The van der Waals surface area contributed by atoms with E-state index in [2.05, 4.69) is 15.6 Å². The number of guanidine groups is 1. The van der Waals surface area contributed by atoms with Gasteiger partial charge in [0.05, 0.1) is 0 Å². The molecule has 2 aliphatic rings. The zero-order chi connectivity index (χ0) is 10.3. The van der Waals surface area contributed by atoms with Crippen LogP contribution >= 0.6 is 0 Å². The molecule has 0 aromatic heterocycles. The zero-order valence-corrected chi connectivity index (χ0v) is 7.66. The molecule has 1 amide bonds. The Morgan fingerprint density at radius 2 is 2.43 bits per heavy atom. The van der Waals surface area contributed by atoms with Gasteiger partial charge in [-0.05, 0) is 6.92 Å². The topological polar surface area (TPSA) is 103 Å². The quantitative estimate of drug-likeness (QED) is 0.397. The van der Waals surface area contributed by atoms with E-state index in [1.807, 2.05) is 0 Å². The highest BCUT2D eigenvalue weighted by Gasteiger charge is 2.39. The fraction of sp³-hybridized carbons (Fsp3) is 0.375. The van der Waals surface area contributed by atoms with Gasteiger partial charge in [-0.2, -0.15) is 0 Å². The van der Waals surface area contributed by atoms with Crippen molar-refractivity contribution in [3.8, 4) is 0 Å². The summed E-state index contributed by atoms with van der Waals surface area (Å²) in [5.41, 5.74) is 6.45. The molecule has 6 nitrogen and oxygen atoms in total. The molecule has 2 unspecified atom stereocenters. The molecule has 5 N–H and O–H groups in total. The number of carbonyl (C=O) groups excluding carboxylic acids is 1. The van der Waals surface area contributed by atoms with Gasteiger partial charge in [-0.25, -0.2) is 4.99 Å². The number of hydrogen-bond acceptors (Lipinski definition) is 5. The van der Waals surface area contributed by atoms with Crippen LogP contribution in [0, 0.1) is 11.3 Å². The summed E-state index contributed by atoms with van der Waals surface area (Å²) in [6.07, 6.45) is 1.30. The number of nitrogens with one attached hydrogen (secondary N) is 3. The summed E-state index contributed by atoms with van der Waals surface area (Å²) in [5, 5.41) is 12.9. The minimum absolute atomic E-state index is 0.126. The number of aliphatic imine (C=N–C) groups is 1. The first-order chi connectivity index (χ1) is 6.59. The number of amides is 1. The van der Waals surface area contributed by atoms with Gasteiger partial charge in [0.15, 0.2) is 5.96 Å². The van der Waals surface area contributed by atoms with Crippen LogP contribution in [-0.4, -0.2) is 23.7 Å². The predicted octanol–water partition coefficient (Wildman–Crippen LogP) is -1.10. The lowest BCUT2D eigenvalue weighted by atomic mass is 9.95. The third-order valence-corrected chi connectivity index (χ3v) is 2.31. The smallest absolute Gasteiger partial charge is 0.238 e. The third kappa shape index (κ3) is 1.15. The maximum absolute atomic E-state index is 11.6. The second kappa shape index (κ2) is 2.83. The SMILES string of the molecule is CC(=N)C1=CNC2N=C(N)NC(=O)C12. The standard InChI is InChI=1S/C8H11N5O/c1-3(9)4-2-11-6-5(4)7(14)13-8(10)12-6/h2,5-6,9,11H,1H3,(H3,10,12,13,14). The van der Waals surface area contributed by atoms with Gasteiger partial charge in [-0.15, -0.1) is 0 Å². The van der Waals surface area contributed by atoms with Crippen molar-refractivity contribution in [3.63, 3.8) is 0 Å². The maximum atomic E-state index is 11.6. The summed E-state index contributed by atoms with van der Waals surface area (Å²) in [6, 6.07) is 0. The minimum Gasteiger partial charge on any atom is -0.370 e. The molecule has 14 heavy (non-hydrogen) atoms. The van der Waals surface area contributed by atoms with Crippen molar-refractivity contribution >= 4 is 17.6 Å². The molecule has 0 aromatic carbocycles.